The molecule has 0 spiro atoms. The van der Waals surface area contributed by atoms with E-state index in [2.05, 4.69) is 11.4 Å². The molecule has 1 N–H and O–H groups in total. The van der Waals surface area contributed by atoms with Gasteiger partial charge in [-0.05, 0) is 48.9 Å². The zero-order chi connectivity index (χ0) is 15.1. The van der Waals surface area contributed by atoms with Gasteiger partial charge in [0, 0.05) is 12.2 Å². The molecule has 2 aromatic carbocycles. The highest BCUT2D eigenvalue weighted by molar-refractivity contribution is 5.89. The smallest absolute Gasteiger partial charge is 0.338 e. The van der Waals surface area contributed by atoms with Crippen molar-refractivity contribution in [2.75, 3.05) is 11.9 Å². The van der Waals surface area contributed by atoms with Crippen LogP contribution in [0.2, 0.25) is 0 Å². The van der Waals surface area contributed by atoms with Crippen LogP contribution in [0.25, 0.3) is 0 Å². The highest BCUT2D eigenvalue weighted by Crippen LogP contribution is 2.13. The summed E-state index contributed by atoms with van der Waals surface area (Å²) in [6, 6.07) is 16.7. The van der Waals surface area contributed by atoms with E-state index >= 15 is 0 Å². The molecule has 0 heterocycles. The van der Waals surface area contributed by atoms with Crippen LogP contribution in [-0.2, 0) is 11.3 Å². The molecule has 0 aliphatic carbocycles. The Morgan fingerprint density at radius 3 is 2.67 bits per heavy atom. The molecule has 0 saturated heterocycles. The van der Waals surface area contributed by atoms with Crippen LogP contribution in [0, 0.1) is 11.3 Å². The number of hydrogen-bond donors (Lipinski definition) is 1. The van der Waals surface area contributed by atoms with Crippen molar-refractivity contribution in [2.24, 2.45) is 0 Å². The number of rotatable bonds is 5. The maximum atomic E-state index is 11.5. The lowest BCUT2D eigenvalue weighted by Crippen LogP contribution is -2.05. The fourth-order valence-corrected chi connectivity index (χ4v) is 1.89. The van der Waals surface area contributed by atoms with Gasteiger partial charge in [0.05, 0.1) is 23.8 Å². The topological polar surface area (TPSA) is 62.1 Å². The average molecular weight is 280 g/mol. The van der Waals surface area contributed by atoms with Crippen LogP contribution in [0.4, 0.5) is 5.69 Å². The van der Waals surface area contributed by atoms with E-state index in [1.807, 2.05) is 30.3 Å². The SMILES string of the molecule is CCOC(=O)c1ccc(NCc2cccc(C#N)c2)cc1. The monoisotopic (exact) mass is 280 g/mol. The summed E-state index contributed by atoms with van der Waals surface area (Å²) < 4.78 is 4.93. The number of ether oxygens (including phenoxy) is 1. The summed E-state index contributed by atoms with van der Waals surface area (Å²) in [6.45, 7) is 2.77. The summed E-state index contributed by atoms with van der Waals surface area (Å²) in [5, 5.41) is 12.1. The minimum atomic E-state index is -0.314. The predicted octanol–water partition coefficient (Wildman–Crippen LogP) is 3.35. The standard InChI is InChI=1S/C17H16N2O2/c1-2-21-17(20)15-6-8-16(9-7-15)19-12-14-5-3-4-13(10-14)11-18/h3-10,19H,2,12H2,1H3. The van der Waals surface area contributed by atoms with Crippen molar-refractivity contribution in [1.29, 1.82) is 5.26 Å². The number of nitrogens with one attached hydrogen (secondary N) is 1. The van der Waals surface area contributed by atoms with Gasteiger partial charge in [-0.15, -0.1) is 0 Å². The first kappa shape index (κ1) is 14.6. The summed E-state index contributed by atoms with van der Waals surface area (Å²) in [4.78, 5) is 11.5. The van der Waals surface area contributed by atoms with Gasteiger partial charge in [0.1, 0.15) is 0 Å². The Balaban J connectivity index is 1.97. The van der Waals surface area contributed by atoms with Crippen LogP contribution in [0.5, 0.6) is 0 Å². The van der Waals surface area contributed by atoms with Gasteiger partial charge in [-0.1, -0.05) is 12.1 Å². The zero-order valence-corrected chi connectivity index (χ0v) is 11.8. The lowest BCUT2D eigenvalue weighted by Gasteiger charge is -2.08. The van der Waals surface area contributed by atoms with E-state index < -0.39 is 0 Å². The average Bonchev–Trinajstić information content (AvgIpc) is 2.54. The van der Waals surface area contributed by atoms with E-state index in [-0.39, 0.29) is 5.97 Å². The summed E-state index contributed by atoms with van der Waals surface area (Å²) in [5.41, 5.74) is 3.12. The van der Waals surface area contributed by atoms with E-state index in [0.717, 1.165) is 11.3 Å². The summed E-state index contributed by atoms with van der Waals surface area (Å²) in [6.07, 6.45) is 0. The number of carbonyl (C=O) groups excluding carboxylic acids is 1. The van der Waals surface area contributed by atoms with E-state index in [9.17, 15) is 4.79 Å². The molecule has 4 heteroatoms. The Morgan fingerprint density at radius 1 is 1.24 bits per heavy atom. The second kappa shape index (κ2) is 7.11. The highest BCUT2D eigenvalue weighted by atomic mass is 16.5. The van der Waals surface area contributed by atoms with Crippen LogP contribution < -0.4 is 5.32 Å². The molecule has 0 aromatic heterocycles. The lowest BCUT2D eigenvalue weighted by molar-refractivity contribution is 0.0526. The van der Waals surface area contributed by atoms with Crippen molar-refractivity contribution in [3.63, 3.8) is 0 Å². The Hall–Kier alpha value is -2.80. The summed E-state index contributed by atoms with van der Waals surface area (Å²) >= 11 is 0. The Labute approximate surface area is 124 Å². The molecule has 0 radical (unpaired) electrons. The molecule has 2 aromatic rings. The first-order valence-corrected chi connectivity index (χ1v) is 6.73. The molecule has 0 saturated carbocycles. The number of anilines is 1. The van der Waals surface area contributed by atoms with Gasteiger partial charge in [0.15, 0.2) is 0 Å². The molecular formula is C17H16N2O2. The van der Waals surface area contributed by atoms with Gasteiger partial charge in [-0.2, -0.15) is 5.26 Å². The zero-order valence-electron chi connectivity index (χ0n) is 11.8. The predicted molar refractivity (Wildman–Crippen MR) is 80.9 cm³/mol. The highest BCUT2D eigenvalue weighted by Gasteiger charge is 2.05. The fraction of sp³-hybridized carbons (Fsp3) is 0.176. The van der Waals surface area contributed by atoms with Gasteiger partial charge in [0.25, 0.3) is 0 Å². The Morgan fingerprint density at radius 2 is 2.00 bits per heavy atom. The van der Waals surface area contributed by atoms with Gasteiger partial charge in [-0.3, -0.25) is 0 Å². The molecule has 0 atom stereocenters. The van der Waals surface area contributed by atoms with E-state index in [1.54, 1.807) is 25.1 Å². The molecule has 0 aliphatic rings. The lowest BCUT2D eigenvalue weighted by atomic mass is 10.1. The minimum Gasteiger partial charge on any atom is -0.462 e. The van der Waals surface area contributed by atoms with Crippen LogP contribution in [0.1, 0.15) is 28.4 Å². The van der Waals surface area contributed by atoms with E-state index in [1.165, 1.54) is 0 Å². The number of hydrogen-bond acceptors (Lipinski definition) is 4. The van der Waals surface area contributed by atoms with E-state index in [0.29, 0.717) is 24.3 Å². The summed E-state index contributed by atoms with van der Waals surface area (Å²) in [7, 11) is 0. The second-order valence-electron chi connectivity index (χ2n) is 4.46. The largest absolute Gasteiger partial charge is 0.462 e. The van der Waals surface area contributed by atoms with Crippen LogP contribution >= 0.6 is 0 Å². The first-order chi connectivity index (χ1) is 10.2. The molecule has 0 amide bonds. The molecule has 2 rings (SSSR count). The van der Waals surface area contributed by atoms with Gasteiger partial charge < -0.3 is 10.1 Å². The maximum Gasteiger partial charge on any atom is 0.338 e. The van der Waals surface area contributed by atoms with Crippen LogP contribution in [0.3, 0.4) is 0 Å². The third-order valence-electron chi connectivity index (χ3n) is 2.95. The molecule has 21 heavy (non-hydrogen) atoms. The van der Waals surface area contributed by atoms with Crippen LogP contribution in [0.15, 0.2) is 48.5 Å². The van der Waals surface area contributed by atoms with Crippen molar-refractivity contribution in [3.05, 3.63) is 65.2 Å². The molecule has 0 unspecified atom stereocenters. The van der Waals surface area contributed by atoms with Crippen molar-refractivity contribution in [3.8, 4) is 6.07 Å². The quantitative estimate of drug-likeness (QED) is 0.853. The van der Waals surface area contributed by atoms with Crippen LogP contribution in [-0.4, -0.2) is 12.6 Å². The van der Waals surface area contributed by atoms with Crippen molar-refractivity contribution >= 4 is 11.7 Å². The first-order valence-electron chi connectivity index (χ1n) is 6.73. The number of esters is 1. The van der Waals surface area contributed by atoms with Gasteiger partial charge in [-0.25, -0.2) is 4.79 Å². The third kappa shape index (κ3) is 4.08. The number of nitriles is 1. The van der Waals surface area contributed by atoms with Gasteiger partial charge in [0.2, 0.25) is 0 Å². The molecule has 0 bridgehead atoms. The number of benzene rings is 2. The van der Waals surface area contributed by atoms with E-state index in [4.69, 9.17) is 10.00 Å². The molecular weight excluding hydrogens is 264 g/mol. The summed E-state index contributed by atoms with van der Waals surface area (Å²) in [5.74, 6) is -0.314. The van der Waals surface area contributed by atoms with Crippen molar-refractivity contribution in [2.45, 2.75) is 13.5 Å². The third-order valence-corrected chi connectivity index (χ3v) is 2.95. The fourth-order valence-electron chi connectivity index (χ4n) is 1.89. The Bertz CT molecular complexity index is 657. The number of nitrogens with zero attached hydrogens (tertiary/aromatic N) is 1. The normalized spacial score (nSPS) is 9.71. The molecule has 4 nitrogen and oxygen atoms in total. The van der Waals surface area contributed by atoms with Gasteiger partial charge >= 0.3 is 5.97 Å². The minimum absolute atomic E-state index is 0.314. The molecule has 0 fully saturated rings. The second-order valence-corrected chi connectivity index (χ2v) is 4.46. The molecule has 106 valence electrons. The van der Waals surface area contributed by atoms with Crippen molar-refractivity contribution in [1.82, 2.24) is 0 Å². The molecule has 0 aliphatic heterocycles. The van der Waals surface area contributed by atoms with Crippen molar-refractivity contribution < 1.29 is 9.53 Å². The maximum absolute atomic E-state index is 11.5. The number of carbonyl (C=O) groups is 1. The Kier molecular flexibility index (Phi) is 4.94.